The lowest BCUT2D eigenvalue weighted by Gasteiger charge is -2.09. The van der Waals surface area contributed by atoms with Crippen LogP contribution in [0.5, 0.6) is 0 Å². The Labute approximate surface area is 108 Å². The molecule has 96 valence electrons. The lowest BCUT2D eigenvalue weighted by molar-refractivity contribution is -0.137. The largest absolute Gasteiger partial charge is 0.416 e. The number of nitrogens with two attached hydrogens (primary N) is 1. The highest BCUT2D eigenvalue weighted by molar-refractivity contribution is 9.10. The summed E-state index contributed by atoms with van der Waals surface area (Å²) in [4.78, 5) is 3.86. The molecular weight excluding hydrogens is 315 g/mol. The number of hydrogen-bond acceptors (Lipinski definition) is 4. The van der Waals surface area contributed by atoms with Crippen molar-refractivity contribution in [2.45, 2.75) is 6.18 Å². The van der Waals surface area contributed by atoms with Crippen LogP contribution in [-0.4, -0.2) is 20.0 Å². The molecule has 0 aliphatic heterocycles. The summed E-state index contributed by atoms with van der Waals surface area (Å²) in [5.41, 5.74) is 4.91. The van der Waals surface area contributed by atoms with Crippen molar-refractivity contribution in [2.24, 2.45) is 7.05 Å². The van der Waals surface area contributed by atoms with Crippen molar-refractivity contribution in [2.75, 3.05) is 5.73 Å². The third-order valence-corrected chi connectivity index (χ3v) is 2.73. The van der Waals surface area contributed by atoms with Gasteiger partial charge in [0.1, 0.15) is 11.5 Å². The lowest BCUT2D eigenvalue weighted by Crippen LogP contribution is -2.08. The van der Waals surface area contributed by atoms with Crippen LogP contribution < -0.4 is 5.73 Å². The molecule has 0 amide bonds. The number of aryl methyl sites for hydroxylation is 1. The average Bonchev–Trinajstić information content (AvgIpc) is 2.56. The lowest BCUT2D eigenvalue weighted by atomic mass is 10.2. The summed E-state index contributed by atoms with van der Waals surface area (Å²) in [7, 11) is 1.55. The van der Waals surface area contributed by atoms with E-state index < -0.39 is 11.7 Å². The Morgan fingerprint density at radius 1 is 1.33 bits per heavy atom. The summed E-state index contributed by atoms with van der Waals surface area (Å²) < 4.78 is 39.6. The van der Waals surface area contributed by atoms with E-state index in [1.54, 1.807) is 7.05 Å². The monoisotopic (exact) mass is 321 g/mol. The molecule has 2 N–H and O–H groups in total. The van der Waals surface area contributed by atoms with Crippen LogP contribution >= 0.6 is 15.9 Å². The number of anilines is 1. The molecule has 0 saturated carbocycles. The second-order valence-corrected chi connectivity index (χ2v) is 4.27. The summed E-state index contributed by atoms with van der Waals surface area (Å²) in [6, 6.07) is 1.68. The number of halogens is 4. The van der Waals surface area contributed by atoms with E-state index in [-0.39, 0.29) is 11.5 Å². The van der Waals surface area contributed by atoms with E-state index >= 15 is 0 Å². The van der Waals surface area contributed by atoms with Gasteiger partial charge in [-0.25, -0.2) is 9.67 Å². The molecule has 2 aromatic heterocycles. The summed E-state index contributed by atoms with van der Waals surface area (Å²) >= 11 is 3.10. The number of nitrogens with zero attached hydrogens (tertiary/aromatic N) is 4. The Balaban J connectivity index is 2.63. The molecule has 2 rings (SSSR count). The molecule has 0 bridgehead atoms. The van der Waals surface area contributed by atoms with Gasteiger partial charge >= 0.3 is 6.18 Å². The summed E-state index contributed by atoms with van der Waals surface area (Å²) in [6.45, 7) is 0. The number of alkyl halides is 3. The smallest absolute Gasteiger partial charge is 0.384 e. The molecule has 0 aliphatic rings. The Morgan fingerprint density at radius 3 is 2.50 bits per heavy atom. The molecule has 2 heterocycles. The van der Waals surface area contributed by atoms with E-state index in [0.29, 0.717) is 10.3 Å². The van der Waals surface area contributed by atoms with Crippen LogP contribution in [0.3, 0.4) is 0 Å². The summed E-state index contributed by atoms with van der Waals surface area (Å²) in [5.74, 6) is -0.215. The summed E-state index contributed by atoms with van der Waals surface area (Å²) in [5, 5.41) is 7.35. The Kier molecular flexibility index (Phi) is 3.01. The van der Waals surface area contributed by atoms with Crippen LogP contribution in [0.2, 0.25) is 0 Å². The van der Waals surface area contributed by atoms with Crippen LogP contribution in [-0.2, 0) is 13.2 Å². The SMILES string of the molecule is Cn1nnc(Br)c1-c1cc(C(F)(F)F)cc(N)n1. The molecule has 2 aromatic rings. The topological polar surface area (TPSA) is 69.6 Å². The molecule has 0 unspecified atom stereocenters. The minimum atomic E-state index is -4.48. The van der Waals surface area contributed by atoms with Crippen molar-refractivity contribution in [3.05, 3.63) is 22.3 Å². The van der Waals surface area contributed by atoms with E-state index in [1.807, 2.05) is 0 Å². The first kappa shape index (κ1) is 12.8. The van der Waals surface area contributed by atoms with E-state index in [1.165, 1.54) is 4.68 Å². The zero-order chi connectivity index (χ0) is 13.5. The van der Waals surface area contributed by atoms with Crippen molar-refractivity contribution in [1.29, 1.82) is 0 Å². The maximum absolute atomic E-state index is 12.7. The minimum Gasteiger partial charge on any atom is -0.384 e. The molecule has 0 atom stereocenters. The zero-order valence-corrected chi connectivity index (χ0v) is 10.6. The number of nitrogen functional groups attached to an aromatic ring is 1. The zero-order valence-electron chi connectivity index (χ0n) is 9.03. The molecule has 0 fully saturated rings. The van der Waals surface area contributed by atoms with Gasteiger partial charge in [0.05, 0.1) is 11.3 Å². The third kappa shape index (κ3) is 2.30. The van der Waals surface area contributed by atoms with E-state index in [9.17, 15) is 13.2 Å². The van der Waals surface area contributed by atoms with Crippen LogP contribution in [0.15, 0.2) is 16.7 Å². The van der Waals surface area contributed by atoms with Crippen molar-refractivity contribution in [1.82, 2.24) is 20.0 Å². The highest BCUT2D eigenvalue weighted by Crippen LogP contribution is 2.33. The molecule has 0 saturated heterocycles. The molecule has 0 spiro atoms. The number of rotatable bonds is 1. The molecule has 0 radical (unpaired) electrons. The van der Waals surface area contributed by atoms with E-state index in [0.717, 1.165) is 12.1 Å². The normalized spacial score (nSPS) is 11.8. The molecule has 0 aromatic carbocycles. The molecule has 9 heteroatoms. The maximum atomic E-state index is 12.7. The average molecular weight is 322 g/mol. The van der Waals surface area contributed by atoms with Gasteiger partial charge in [-0.1, -0.05) is 5.21 Å². The standard InChI is InChI=1S/C9H7BrF3N5/c1-18-7(8(10)16-17-18)5-2-4(9(11,12)13)3-6(14)15-5/h2-3H,1H3,(H2,14,15). The fourth-order valence-electron chi connectivity index (χ4n) is 1.44. The first-order chi connectivity index (χ1) is 8.29. The van der Waals surface area contributed by atoms with Gasteiger partial charge in [0.2, 0.25) is 0 Å². The van der Waals surface area contributed by atoms with Crippen molar-refractivity contribution < 1.29 is 13.2 Å². The van der Waals surface area contributed by atoms with E-state index in [2.05, 4.69) is 31.2 Å². The van der Waals surface area contributed by atoms with Gasteiger partial charge in [-0.05, 0) is 28.1 Å². The van der Waals surface area contributed by atoms with Crippen molar-refractivity contribution >= 4 is 21.7 Å². The van der Waals surface area contributed by atoms with Gasteiger partial charge in [-0.2, -0.15) is 13.2 Å². The Bertz CT molecular complexity index is 573. The van der Waals surface area contributed by atoms with Crippen molar-refractivity contribution in [3.63, 3.8) is 0 Å². The predicted molar refractivity (Wildman–Crippen MR) is 61.3 cm³/mol. The number of pyridine rings is 1. The second-order valence-electron chi connectivity index (χ2n) is 3.52. The maximum Gasteiger partial charge on any atom is 0.416 e. The van der Waals surface area contributed by atoms with Gasteiger partial charge in [0, 0.05) is 7.05 Å². The van der Waals surface area contributed by atoms with Crippen molar-refractivity contribution in [3.8, 4) is 11.4 Å². The van der Waals surface area contributed by atoms with Crippen LogP contribution in [0.25, 0.3) is 11.4 Å². The van der Waals surface area contributed by atoms with Gasteiger partial charge in [-0.15, -0.1) is 5.10 Å². The summed E-state index contributed by atoms with van der Waals surface area (Å²) in [6.07, 6.45) is -4.48. The Morgan fingerprint density at radius 2 is 2.00 bits per heavy atom. The first-order valence-corrected chi connectivity index (χ1v) is 5.48. The highest BCUT2D eigenvalue weighted by Gasteiger charge is 2.32. The van der Waals surface area contributed by atoms with Gasteiger partial charge in [-0.3, -0.25) is 0 Å². The minimum absolute atomic E-state index is 0.0571. The third-order valence-electron chi connectivity index (χ3n) is 2.20. The van der Waals surface area contributed by atoms with Crippen LogP contribution in [0.4, 0.5) is 19.0 Å². The Hall–Kier alpha value is -1.64. The van der Waals surface area contributed by atoms with E-state index in [4.69, 9.17) is 5.73 Å². The molecule has 0 aliphatic carbocycles. The van der Waals surface area contributed by atoms with Gasteiger partial charge in [0.15, 0.2) is 4.60 Å². The quantitative estimate of drug-likeness (QED) is 0.874. The molecule has 18 heavy (non-hydrogen) atoms. The highest BCUT2D eigenvalue weighted by atomic mass is 79.9. The molecular formula is C9H7BrF3N5. The second kappa shape index (κ2) is 4.23. The molecule has 5 nitrogen and oxygen atoms in total. The fourth-order valence-corrected chi connectivity index (χ4v) is 1.97. The fraction of sp³-hybridized carbons (Fsp3) is 0.222. The number of aromatic nitrogens is 4. The van der Waals surface area contributed by atoms with Crippen LogP contribution in [0.1, 0.15) is 5.56 Å². The number of hydrogen-bond donors (Lipinski definition) is 1. The van der Waals surface area contributed by atoms with Gasteiger partial charge < -0.3 is 5.73 Å². The first-order valence-electron chi connectivity index (χ1n) is 4.69. The van der Waals surface area contributed by atoms with Gasteiger partial charge in [0.25, 0.3) is 0 Å². The van der Waals surface area contributed by atoms with Crippen LogP contribution in [0, 0.1) is 0 Å². The predicted octanol–water partition coefficient (Wildman–Crippen LogP) is 2.24.